The Labute approximate surface area is 124 Å². The van der Waals surface area contributed by atoms with E-state index < -0.39 is 0 Å². The van der Waals surface area contributed by atoms with Crippen molar-refractivity contribution in [1.29, 1.82) is 0 Å². The van der Waals surface area contributed by atoms with Crippen LogP contribution in [0.1, 0.15) is 5.56 Å². The fourth-order valence-corrected chi connectivity index (χ4v) is 2.82. The van der Waals surface area contributed by atoms with E-state index in [0.717, 1.165) is 0 Å². The first-order valence-electron chi connectivity index (χ1n) is 5.49. The lowest BCUT2D eigenvalue weighted by Crippen LogP contribution is -2.37. The molecule has 0 fully saturated rings. The van der Waals surface area contributed by atoms with Gasteiger partial charge in [0.1, 0.15) is 5.82 Å². The highest BCUT2D eigenvalue weighted by Gasteiger charge is 2.14. The molecule has 2 rings (SSSR count). The summed E-state index contributed by atoms with van der Waals surface area (Å²) in [6.45, 7) is 0.434. The van der Waals surface area contributed by atoms with Crippen molar-refractivity contribution in [1.82, 2.24) is 4.98 Å². The molecule has 19 heavy (non-hydrogen) atoms. The molecular formula is C12H11ClFN3S2. The van der Waals surface area contributed by atoms with Gasteiger partial charge < -0.3 is 5.73 Å². The Hall–Kier alpha value is -1.24. The monoisotopic (exact) mass is 315 g/mol. The van der Waals surface area contributed by atoms with Crippen molar-refractivity contribution in [3.05, 3.63) is 46.2 Å². The molecule has 0 radical (unpaired) electrons. The van der Waals surface area contributed by atoms with E-state index in [-0.39, 0.29) is 10.9 Å². The zero-order chi connectivity index (χ0) is 13.8. The molecule has 2 N–H and O–H groups in total. The molecule has 2 aromatic rings. The number of anilines is 1. The van der Waals surface area contributed by atoms with Crippen LogP contribution >= 0.6 is 35.2 Å². The largest absolute Gasteiger partial charge is 0.376 e. The van der Waals surface area contributed by atoms with Crippen LogP contribution in [-0.2, 0) is 6.42 Å². The third kappa shape index (κ3) is 3.40. The average Bonchev–Trinajstić information content (AvgIpc) is 2.86. The predicted octanol–water partition coefficient (Wildman–Crippen LogP) is 3.23. The fourth-order valence-electron chi connectivity index (χ4n) is 1.64. The van der Waals surface area contributed by atoms with Crippen LogP contribution < -0.4 is 10.6 Å². The molecule has 100 valence electrons. The maximum absolute atomic E-state index is 13.7. The van der Waals surface area contributed by atoms with Crippen LogP contribution in [0.2, 0.25) is 5.02 Å². The minimum absolute atomic E-state index is 0.211. The Bertz CT molecular complexity index is 554. The van der Waals surface area contributed by atoms with Crippen molar-refractivity contribution in [3.63, 3.8) is 0 Å². The van der Waals surface area contributed by atoms with Crippen LogP contribution in [0.4, 0.5) is 9.52 Å². The molecule has 3 nitrogen and oxygen atoms in total. The third-order valence-corrected chi connectivity index (χ3v) is 3.93. The third-order valence-electron chi connectivity index (χ3n) is 2.56. The maximum Gasteiger partial charge on any atom is 0.191 e. The van der Waals surface area contributed by atoms with Crippen molar-refractivity contribution in [2.45, 2.75) is 6.42 Å². The van der Waals surface area contributed by atoms with Crippen molar-refractivity contribution in [2.75, 3.05) is 11.4 Å². The number of rotatable bonds is 4. The SMILES string of the molecule is NC(=S)N(CCc1c(F)cccc1Cl)c1nccs1. The Morgan fingerprint density at radius 1 is 1.53 bits per heavy atom. The van der Waals surface area contributed by atoms with Crippen LogP contribution in [-0.4, -0.2) is 16.6 Å². The predicted molar refractivity (Wildman–Crippen MR) is 81.4 cm³/mol. The molecule has 7 heteroatoms. The first kappa shape index (κ1) is 14.2. The van der Waals surface area contributed by atoms with E-state index >= 15 is 0 Å². The summed E-state index contributed by atoms with van der Waals surface area (Å²) in [6.07, 6.45) is 2.07. The molecule has 0 saturated heterocycles. The Kier molecular flexibility index (Phi) is 4.68. The number of thiazole rings is 1. The van der Waals surface area contributed by atoms with Gasteiger partial charge in [0.2, 0.25) is 0 Å². The molecule has 0 unspecified atom stereocenters. The van der Waals surface area contributed by atoms with E-state index in [0.29, 0.717) is 28.7 Å². The molecule has 0 saturated carbocycles. The van der Waals surface area contributed by atoms with E-state index in [1.165, 1.54) is 17.4 Å². The van der Waals surface area contributed by atoms with Gasteiger partial charge in [0.15, 0.2) is 10.2 Å². The molecule has 0 bridgehead atoms. The Balaban J connectivity index is 2.14. The minimum Gasteiger partial charge on any atom is -0.376 e. The van der Waals surface area contributed by atoms with Crippen LogP contribution in [0.5, 0.6) is 0 Å². The van der Waals surface area contributed by atoms with Crippen molar-refractivity contribution in [3.8, 4) is 0 Å². The zero-order valence-corrected chi connectivity index (χ0v) is 12.2. The van der Waals surface area contributed by atoms with Crippen LogP contribution in [0, 0.1) is 5.82 Å². The van der Waals surface area contributed by atoms with Crippen molar-refractivity contribution >= 4 is 45.4 Å². The number of nitrogens with zero attached hydrogens (tertiary/aromatic N) is 2. The van der Waals surface area contributed by atoms with E-state index in [1.54, 1.807) is 23.2 Å². The molecule has 0 spiro atoms. The second-order valence-electron chi connectivity index (χ2n) is 3.75. The number of thiocarbonyl (C=S) groups is 1. The summed E-state index contributed by atoms with van der Waals surface area (Å²) in [4.78, 5) is 5.81. The highest BCUT2D eigenvalue weighted by atomic mass is 35.5. The van der Waals surface area contributed by atoms with Gasteiger partial charge in [-0.3, -0.25) is 4.90 Å². The van der Waals surface area contributed by atoms with Gasteiger partial charge in [-0.2, -0.15) is 0 Å². The lowest BCUT2D eigenvalue weighted by molar-refractivity contribution is 0.609. The number of hydrogen-bond acceptors (Lipinski definition) is 3. The number of hydrogen-bond donors (Lipinski definition) is 1. The normalized spacial score (nSPS) is 10.4. The van der Waals surface area contributed by atoms with E-state index in [1.807, 2.05) is 5.38 Å². The fraction of sp³-hybridized carbons (Fsp3) is 0.167. The van der Waals surface area contributed by atoms with Gasteiger partial charge in [-0.1, -0.05) is 17.7 Å². The van der Waals surface area contributed by atoms with E-state index in [4.69, 9.17) is 29.6 Å². The molecule has 1 aromatic heterocycles. The second-order valence-corrected chi connectivity index (χ2v) is 5.45. The van der Waals surface area contributed by atoms with Gasteiger partial charge in [-0.05, 0) is 30.8 Å². The lowest BCUT2D eigenvalue weighted by atomic mass is 10.1. The summed E-state index contributed by atoms with van der Waals surface area (Å²) in [5, 5.41) is 3.14. The molecule has 0 aliphatic rings. The van der Waals surface area contributed by atoms with Gasteiger partial charge in [0, 0.05) is 28.7 Å². The molecular weight excluding hydrogens is 305 g/mol. The lowest BCUT2D eigenvalue weighted by Gasteiger charge is -2.20. The molecule has 0 aliphatic heterocycles. The second kappa shape index (κ2) is 6.27. The Morgan fingerprint density at radius 3 is 2.89 bits per heavy atom. The summed E-state index contributed by atoms with van der Waals surface area (Å²) in [6, 6.07) is 4.62. The minimum atomic E-state index is -0.325. The molecule has 0 atom stereocenters. The maximum atomic E-state index is 13.7. The first-order chi connectivity index (χ1) is 9.09. The number of benzene rings is 1. The highest BCUT2D eigenvalue weighted by Crippen LogP contribution is 2.22. The quantitative estimate of drug-likeness (QED) is 0.880. The summed E-state index contributed by atoms with van der Waals surface area (Å²) < 4.78 is 13.7. The molecule has 0 amide bonds. The molecule has 0 aliphatic carbocycles. The van der Waals surface area contributed by atoms with Crippen LogP contribution in [0.25, 0.3) is 0 Å². The molecule has 1 heterocycles. The summed E-state index contributed by atoms with van der Waals surface area (Å²) in [7, 11) is 0. The van der Waals surface area contributed by atoms with Crippen molar-refractivity contribution in [2.24, 2.45) is 5.73 Å². The highest BCUT2D eigenvalue weighted by molar-refractivity contribution is 7.80. The Morgan fingerprint density at radius 2 is 2.32 bits per heavy atom. The van der Waals surface area contributed by atoms with E-state index in [9.17, 15) is 4.39 Å². The van der Waals surface area contributed by atoms with Gasteiger partial charge in [0.05, 0.1) is 0 Å². The van der Waals surface area contributed by atoms with Gasteiger partial charge in [-0.15, -0.1) is 11.3 Å². The average molecular weight is 316 g/mol. The first-order valence-corrected chi connectivity index (χ1v) is 7.15. The van der Waals surface area contributed by atoms with Crippen LogP contribution in [0.15, 0.2) is 29.8 Å². The van der Waals surface area contributed by atoms with Gasteiger partial charge in [0.25, 0.3) is 0 Å². The van der Waals surface area contributed by atoms with Gasteiger partial charge >= 0.3 is 0 Å². The summed E-state index contributed by atoms with van der Waals surface area (Å²) in [5.74, 6) is -0.325. The topological polar surface area (TPSA) is 42.1 Å². The van der Waals surface area contributed by atoms with E-state index in [2.05, 4.69) is 4.98 Å². The molecule has 1 aromatic carbocycles. The standard InChI is InChI=1S/C12H11ClFN3S2/c13-9-2-1-3-10(14)8(9)4-6-17(11(15)18)12-16-5-7-19-12/h1-3,5,7H,4,6H2,(H2,15,18). The van der Waals surface area contributed by atoms with Crippen molar-refractivity contribution < 1.29 is 4.39 Å². The van der Waals surface area contributed by atoms with Gasteiger partial charge in [-0.25, -0.2) is 9.37 Å². The number of aromatic nitrogens is 1. The van der Waals surface area contributed by atoms with Crippen LogP contribution in [0.3, 0.4) is 0 Å². The smallest absolute Gasteiger partial charge is 0.191 e. The summed E-state index contributed by atoms with van der Waals surface area (Å²) >= 11 is 12.4. The number of halogens is 2. The summed E-state index contributed by atoms with van der Waals surface area (Å²) in [5.41, 5.74) is 6.13. The zero-order valence-electron chi connectivity index (χ0n) is 9.85. The number of nitrogens with two attached hydrogens (primary N) is 1.